The minimum atomic E-state index is -0.114. The van der Waals surface area contributed by atoms with Crippen molar-refractivity contribution in [1.29, 1.82) is 0 Å². The van der Waals surface area contributed by atoms with Crippen molar-refractivity contribution in [3.8, 4) is 17.0 Å². The molecule has 0 bridgehead atoms. The number of ether oxygens (including phenoxy) is 2. The molecule has 3 aromatic rings. The lowest BCUT2D eigenvalue weighted by Gasteiger charge is -2.12. The van der Waals surface area contributed by atoms with Crippen LogP contribution in [0.1, 0.15) is 30.4 Å². The summed E-state index contributed by atoms with van der Waals surface area (Å²) in [6.07, 6.45) is 2.59. The summed E-state index contributed by atoms with van der Waals surface area (Å²) in [4.78, 5) is 16.6. The molecule has 1 N–H and O–H groups in total. The first-order valence-corrected chi connectivity index (χ1v) is 12.0. The number of esters is 1. The number of methoxy groups -OCH3 is 1. The molecule has 5 nitrogen and oxygen atoms in total. The lowest BCUT2D eigenvalue weighted by Crippen LogP contribution is -2.18. The topological polar surface area (TPSA) is 60.5 Å². The molecule has 2 aromatic carbocycles. The summed E-state index contributed by atoms with van der Waals surface area (Å²) in [5, 5.41) is 6.41. The Morgan fingerprint density at radius 3 is 2.81 bits per heavy atom. The molecule has 2 atom stereocenters. The SMILES string of the molecule is COC(=O)C1CCC(Nc2nc(-c3cc(C)ccc3OCc3ccc(Br)cc3)cs2)C1. The second-order valence-electron chi connectivity index (χ2n) is 7.83. The first kappa shape index (κ1) is 21.8. The van der Waals surface area contributed by atoms with Crippen molar-refractivity contribution in [2.24, 2.45) is 5.92 Å². The minimum Gasteiger partial charge on any atom is -0.488 e. The van der Waals surface area contributed by atoms with Crippen LogP contribution in [-0.4, -0.2) is 24.1 Å². The van der Waals surface area contributed by atoms with Crippen molar-refractivity contribution >= 4 is 38.4 Å². The van der Waals surface area contributed by atoms with Gasteiger partial charge < -0.3 is 14.8 Å². The Bertz CT molecular complexity index is 1050. The molecule has 1 fully saturated rings. The van der Waals surface area contributed by atoms with Gasteiger partial charge in [-0.05, 0) is 56.0 Å². The lowest BCUT2D eigenvalue weighted by molar-refractivity contribution is -0.145. The summed E-state index contributed by atoms with van der Waals surface area (Å²) in [7, 11) is 1.45. The Morgan fingerprint density at radius 2 is 2.03 bits per heavy atom. The van der Waals surface area contributed by atoms with Crippen molar-refractivity contribution in [2.75, 3.05) is 12.4 Å². The predicted octanol–water partition coefficient (Wildman–Crippen LogP) is 6.21. The van der Waals surface area contributed by atoms with Gasteiger partial charge in [-0.15, -0.1) is 11.3 Å². The molecular formula is C24H25BrN2O3S. The largest absolute Gasteiger partial charge is 0.488 e. The molecule has 7 heteroatoms. The molecule has 1 aliphatic carbocycles. The van der Waals surface area contributed by atoms with Gasteiger partial charge in [0.05, 0.1) is 18.7 Å². The first-order chi connectivity index (χ1) is 15.0. The fraction of sp³-hybridized carbons (Fsp3) is 0.333. The van der Waals surface area contributed by atoms with E-state index in [2.05, 4.69) is 45.7 Å². The maximum Gasteiger partial charge on any atom is 0.308 e. The van der Waals surface area contributed by atoms with Crippen LogP contribution < -0.4 is 10.1 Å². The van der Waals surface area contributed by atoms with E-state index in [4.69, 9.17) is 14.5 Å². The van der Waals surface area contributed by atoms with Gasteiger partial charge in [-0.25, -0.2) is 4.98 Å². The van der Waals surface area contributed by atoms with Gasteiger partial charge >= 0.3 is 5.97 Å². The Morgan fingerprint density at radius 1 is 1.23 bits per heavy atom. The van der Waals surface area contributed by atoms with Crippen molar-refractivity contribution in [1.82, 2.24) is 4.98 Å². The van der Waals surface area contributed by atoms with E-state index in [0.717, 1.165) is 57.0 Å². The number of carbonyl (C=O) groups excluding carboxylic acids is 1. The van der Waals surface area contributed by atoms with E-state index in [1.165, 1.54) is 7.11 Å². The van der Waals surface area contributed by atoms with Gasteiger partial charge in [-0.2, -0.15) is 0 Å². The lowest BCUT2D eigenvalue weighted by atomic mass is 10.1. The van der Waals surface area contributed by atoms with Gasteiger partial charge in [0, 0.05) is 21.5 Å². The molecule has 0 spiro atoms. The van der Waals surface area contributed by atoms with Gasteiger partial charge in [0.15, 0.2) is 5.13 Å². The number of thiazole rings is 1. The molecule has 162 valence electrons. The molecule has 31 heavy (non-hydrogen) atoms. The van der Waals surface area contributed by atoms with E-state index in [0.29, 0.717) is 6.61 Å². The average molecular weight is 501 g/mol. The number of rotatable bonds is 7. The fourth-order valence-corrected chi connectivity index (χ4v) is 4.90. The molecule has 1 aromatic heterocycles. The van der Waals surface area contributed by atoms with Crippen LogP contribution >= 0.6 is 27.3 Å². The van der Waals surface area contributed by atoms with Crippen molar-refractivity contribution in [3.05, 3.63) is 63.4 Å². The molecule has 0 amide bonds. The minimum absolute atomic E-state index is 0.0164. The summed E-state index contributed by atoms with van der Waals surface area (Å²) in [5.74, 6) is 0.686. The number of nitrogens with one attached hydrogen (secondary N) is 1. The van der Waals surface area contributed by atoms with Crippen LogP contribution in [0.4, 0.5) is 5.13 Å². The molecule has 2 unspecified atom stereocenters. The Hall–Kier alpha value is -2.38. The number of carbonyl (C=O) groups is 1. The molecule has 0 saturated heterocycles. The summed E-state index contributed by atoms with van der Waals surface area (Å²) in [5.41, 5.74) is 4.15. The summed E-state index contributed by atoms with van der Waals surface area (Å²) in [6.45, 7) is 2.56. The van der Waals surface area contributed by atoms with Gasteiger partial charge in [0.25, 0.3) is 0 Å². The highest BCUT2D eigenvalue weighted by atomic mass is 79.9. The van der Waals surface area contributed by atoms with Crippen molar-refractivity contribution in [2.45, 2.75) is 38.8 Å². The summed E-state index contributed by atoms with van der Waals surface area (Å²) < 4.78 is 12.1. The monoisotopic (exact) mass is 500 g/mol. The molecule has 4 rings (SSSR count). The number of nitrogens with zero attached hydrogens (tertiary/aromatic N) is 1. The number of benzene rings is 2. The Labute approximate surface area is 194 Å². The van der Waals surface area contributed by atoms with Crippen LogP contribution in [0.5, 0.6) is 5.75 Å². The van der Waals surface area contributed by atoms with Crippen LogP contribution in [0.3, 0.4) is 0 Å². The standard InChI is InChI=1S/C24H25BrN2O3S/c1-15-3-10-22(30-13-16-4-7-18(25)8-5-16)20(11-15)21-14-31-24(27-21)26-19-9-6-17(12-19)23(28)29-2/h3-5,7-8,10-11,14,17,19H,6,9,12-13H2,1-2H3,(H,26,27). The van der Waals surface area contributed by atoms with Crippen molar-refractivity contribution in [3.63, 3.8) is 0 Å². The molecule has 1 saturated carbocycles. The normalized spacial score (nSPS) is 18.0. The highest BCUT2D eigenvalue weighted by Gasteiger charge is 2.31. The van der Waals surface area contributed by atoms with E-state index in [-0.39, 0.29) is 17.9 Å². The Kier molecular flexibility index (Phi) is 6.92. The Balaban J connectivity index is 1.46. The second kappa shape index (κ2) is 9.83. The maximum absolute atomic E-state index is 11.8. The number of halogens is 1. The number of hydrogen-bond donors (Lipinski definition) is 1. The zero-order chi connectivity index (χ0) is 21.8. The molecule has 1 aliphatic rings. The third kappa shape index (κ3) is 5.46. The highest BCUT2D eigenvalue weighted by molar-refractivity contribution is 9.10. The van der Waals surface area contributed by atoms with E-state index in [1.807, 2.05) is 30.3 Å². The van der Waals surface area contributed by atoms with E-state index in [9.17, 15) is 4.79 Å². The van der Waals surface area contributed by atoms with Gasteiger partial charge in [-0.3, -0.25) is 4.79 Å². The third-order valence-corrected chi connectivity index (χ3v) is 6.82. The highest BCUT2D eigenvalue weighted by Crippen LogP contribution is 2.35. The predicted molar refractivity (Wildman–Crippen MR) is 128 cm³/mol. The molecule has 0 radical (unpaired) electrons. The average Bonchev–Trinajstić information content (AvgIpc) is 3.43. The van der Waals surface area contributed by atoms with Crippen LogP contribution in [0.15, 0.2) is 52.3 Å². The second-order valence-corrected chi connectivity index (χ2v) is 9.60. The zero-order valence-corrected chi connectivity index (χ0v) is 20.0. The fourth-order valence-electron chi connectivity index (χ4n) is 3.84. The third-order valence-electron chi connectivity index (χ3n) is 5.52. The maximum atomic E-state index is 11.8. The van der Waals surface area contributed by atoms with E-state index >= 15 is 0 Å². The number of hydrogen-bond acceptors (Lipinski definition) is 6. The summed E-state index contributed by atoms with van der Waals surface area (Å²) >= 11 is 5.04. The smallest absolute Gasteiger partial charge is 0.308 e. The van der Waals surface area contributed by atoms with Crippen LogP contribution in [-0.2, 0) is 16.1 Å². The van der Waals surface area contributed by atoms with Crippen molar-refractivity contribution < 1.29 is 14.3 Å². The van der Waals surface area contributed by atoms with Crippen LogP contribution in [0.25, 0.3) is 11.3 Å². The molecular weight excluding hydrogens is 476 g/mol. The quantitative estimate of drug-likeness (QED) is 0.390. The van der Waals surface area contributed by atoms with Crippen LogP contribution in [0.2, 0.25) is 0 Å². The number of aromatic nitrogens is 1. The van der Waals surface area contributed by atoms with Gasteiger partial charge in [-0.1, -0.05) is 39.7 Å². The molecule has 1 heterocycles. The van der Waals surface area contributed by atoms with E-state index in [1.54, 1.807) is 11.3 Å². The van der Waals surface area contributed by atoms with Gasteiger partial charge in [0.2, 0.25) is 0 Å². The first-order valence-electron chi connectivity index (χ1n) is 10.3. The zero-order valence-electron chi connectivity index (χ0n) is 17.6. The summed E-state index contributed by atoms with van der Waals surface area (Å²) in [6, 6.07) is 14.5. The number of aryl methyl sites for hydroxylation is 1. The molecule has 0 aliphatic heterocycles. The van der Waals surface area contributed by atoms with E-state index < -0.39 is 0 Å². The van der Waals surface area contributed by atoms with Crippen LogP contribution in [0, 0.1) is 12.8 Å². The number of anilines is 1. The van der Waals surface area contributed by atoms with Gasteiger partial charge in [0.1, 0.15) is 12.4 Å².